The minimum Gasteiger partial charge on any atom is -0.492 e. The smallest absolute Gasteiger partial charge is 0.236 e. The second-order valence-electron chi connectivity index (χ2n) is 6.11. The zero-order valence-corrected chi connectivity index (χ0v) is 15.7. The van der Waals surface area contributed by atoms with Crippen molar-refractivity contribution in [1.82, 2.24) is 9.69 Å². The van der Waals surface area contributed by atoms with Gasteiger partial charge in [0.05, 0.1) is 0 Å². The van der Waals surface area contributed by atoms with E-state index in [1.54, 1.807) is 0 Å². The predicted molar refractivity (Wildman–Crippen MR) is 103 cm³/mol. The third-order valence-corrected chi connectivity index (χ3v) is 5.55. The van der Waals surface area contributed by atoms with Crippen molar-refractivity contribution in [2.45, 2.75) is 32.1 Å². The van der Waals surface area contributed by atoms with Crippen LogP contribution in [0.15, 0.2) is 28.7 Å². The van der Waals surface area contributed by atoms with Gasteiger partial charge in [-0.05, 0) is 48.5 Å². The lowest BCUT2D eigenvalue weighted by molar-refractivity contribution is 0.356. The van der Waals surface area contributed by atoms with E-state index in [1.807, 2.05) is 24.3 Å². The number of nitrogens with zero attached hydrogens (tertiary/aromatic N) is 1. The Kier molecular flexibility index (Phi) is 5.73. The molecule has 1 aliphatic rings. The summed E-state index contributed by atoms with van der Waals surface area (Å²) < 4.78 is 4.96. The number of aromatic hydroxyl groups is 1. The molecular weight excluding hydrogens is 388 g/mol. The molecule has 7 heteroatoms. The van der Waals surface area contributed by atoms with Crippen molar-refractivity contribution in [3.05, 3.63) is 34.3 Å². The molecule has 0 amide bonds. The standard InChI is InChI=1S/C17H21BrN4OS/c18-12-7-4-8-13(9-12)21-17-14(16(23)22-24-17)15(19)20-10-11-5-2-1-3-6-11/h4,7-9,11,21H,1-3,5-6,10H2,(H2,19,20)(H,22,23). The molecule has 0 aliphatic heterocycles. The van der Waals surface area contributed by atoms with E-state index in [1.165, 1.54) is 32.1 Å². The number of nitrogens with one attached hydrogen (secondary N) is 3. The SMILES string of the molecule is N=C(NCC1CCCCC1)c1c(O)nsc1Nc1cccc(Br)c1. The van der Waals surface area contributed by atoms with Gasteiger partial charge < -0.3 is 15.7 Å². The minimum atomic E-state index is -0.0985. The van der Waals surface area contributed by atoms with Crippen LogP contribution in [0.2, 0.25) is 0 Å². The molecule has 1 fully saturated rings. The first-order valence-corrected chi connectivity index (χ1v) is 9.74. The van der Waals surface area contributed by atoms with Crippen molar-refractivity contribution >= 4 is 44.0 Å². The highest BCUT2D eigenvalue weighted by Gasteiger charge is 2.20. The lowest BCUT2D eigenvalue weighted by atomic mass is 9.89. The van der Waals surface area contributed by atoms with Gasteiger partial charge in [-0.15, -0.1) is 0 Å². The van der Waals surface area contributed by atoms with Gasteiger partial charge >= 0.3 is 0 Å². The second kappa shape index (κ2) is 7.98. The maximum Gasteiger partial charge on any atom is 0.236 e. The van der Waals surface area contributed by atoms with E-state index >= 15 is 0 Å². The number of amidine groups is 1. The first kappa shape index (κ1) is 17.2. The predicted octanol–water partition coefficient (Wildman–Crippen LogP) is 4.85. The largest absolute Gasteiger partial charge is 0.492 e. The fourth-order valence-electron chi connectivity index (χ4n) is 3.02. The number of benzene rings is 1. The van der Waals surface area contributed by atoms with Crippen LogP contribution in [0.4, 0.5) is 10.7 Å². The fourth-order valence-corrected chi connectivity index (χ4v) is 4.13. The van der Waals surface area contributed by atoms with Crippen LogP contribution in [0, 0.1) is 11.3 Å². The minimum absolute atomic E-state index is 0.0985. The highest BCUT2D eigenvalue weighted by Crippen LogP contribution is 2.33. The number of aromatic nitrogens is 1. The molecule has 3 rings (SSSR count). The lowest BCUT2D eigenvalue weighted by Gasteiger charge is -2.22. The van der Waals surface area contributed by atoms with E-state index in [9.17, 15) is 5.11 Å². The topological polar surface area (TPSA) is 81.0 Å². The first-order valence-electron chi connectivity index (χ1n) is 8.17. The molecule has 1 aromatic heterocycles. The van der Waals surface area contributed by atoms with E-state index < -0.39 is 0 Å². The molecule has 1 heterocycles. The van der Waals surface area contributed by atoms with Gasteiger partial charge in [0, 0.05) is 16.7 Å². The number of hydrogen-bond donors (Lipinski definition) is 4. The molecule has 0 unspecified atom stereocenters. The highest BCUT2D eigenvalue weighted by atomic mass is 79.9. The van der Waals surface area contributed by atoms with Gasteiger partial charge in [0.15, 0.2) is 0 Å². The summed E-state index contributed by atoms with van der Waals surface area (Å²) in [5.41, 5.74) is 1.32. The average molecular weight is 409 g/mol. The Hall–Kier alpha value is -1.60. The zero-order chi connectivity index (χ0) is 16.9. The molecule has 24 heavy (non-hydrogen) atoms. The van der Waals surface area contributed by atoms with Crippen molar-refractivity contribution in [3.8, 4) is 5.88 Å². The van der Waals surface area contributed by atoms with Crippen molar-refractivity contribution in [3.63, 3.8) is 0 Å². The molecule has 0 bridgehead atoms. The van der Waals surface area contributed by atoms with E-state index in [0.29, 0.717) is 16.5 Å². The number of anilines is 2. The van der Waals surface area contributed by atoms with E-state index in [-0.39, 0.29) is 11.7 Å². The molecule has 1 aliphatic carbocycles. The van der Waals surface area contributed by atoms with E-state index in [4.69, 9.17) is 5.41 Å². The zero-order valence-electron chi connectivity index (χ0n) is 13.3. The Morgan fingerprint density at radius 3 is 2.88 bits per heavy atom. The summed E-state index contributed by atoms with van der Waals surface area (Å²) in [5, 5.41) is 25.4. The molecule has 4 N–H and O–H groups in total. The molecule has 0 atom stereocenters. The summed E-state index contributed by atoms with van der Waals surface area (Å²) in [4.78, 5) is 0. The summed E-state index contributed by atoms with van der Waals surface area (Å²) in [6, 6.07) is 7.76. The number of rotatable bonds is 5. The van der Waals surface area contributed by atoms with Crippen LogP contribution >= 0.6 is 27.5 Å². The van der Waals surface area contributed by atoms with Crippen LogP contribution in [0.5, 0.6) is 5.88 Å². The number of hydrogen-bond acceptors (Lipinski definition) is 5. The molecule has 0 saturated heterocycles. The van der Waals surface area contributed by atoms with Gasteiger partial charge in [0.25, 0.3) is 0 Å². The maximum absolute atomic E-state index is 10.0. The monoisotopic (exact) mass is 408 g/mol. The molecule has 5 nitrogen and oxygen atoms in total. The summed E-state index contributed by atoms with van der Waals surface area (Å²) >= 11 is 4.60. The average Bonchev–Trinajstić information content (AvgIpc) is 2.94. The third kappa shape index (κ3) is 4.27. The van der Waals surface area contributed by atoms with Gasteiger partial charge in [0.1, 0.15) is 16.4 Å². The van der Waals surface area contributed by atoms with Crippen LogP contribution in [-0.4, -0.2) is 21.9 Å². The first-order chi connectivity index (χ1) is 11.6. The van der Waals surface area contributed by atoms with E-state index in [2.05, 4.69) is 30.9 Å². The van der Waals surface area contributed by atoms with Crippen LogP contribution in [0.25, 0.3) is 0 Å². The van der Waals surface area contributed by atoms with Crippen LogP contribution in [0.1, 0.15) is 37.7 Å². The van der Waals surface area contributed by atoms with Crippen LogP contribution < -0.4 is 10.6 Å². The highest BCUT2D eigenvalue weighted by molar-refractivity contribution is 9.10. The molecule has 2 aromatic rings. The third-order valence-electron chi connectivity index (χ3n) is 4.30. The Morgan fingerprint density at radius 2 is 2.12 bits per heavy atom. The van der Waals surface area contributed by atoms with Crippen LogP contribution in [-0.2, 0) is 0 Å². The summed E-state index contributed by atoms with van der Waals surface area (Å²) in [5.74, 6) is 0.747. The Balaban J connectivity index is 1.68. The van der Waals surface area contributed by atoms with Gasteiger partial charge in [0.2, 0.25) is 5.88 Å². The Bertz CT molecular complexity index is 712. The van der Waals surface area contributed by atoms with Gasteiger partial charge in [-0.1, -0.05) is 41.3 Å². The quantitative estimate of drug-likeness (QED) is 0.420. The van der Waals surface area contributed by atoms with Crippen LogP contribution in [0.3, 0.4) is 0 Å². The summed E-state index contributed by atoms with van der Waals surface area (Å²) in [6.07, 6.45) is 6.32. The van der Waals surface area contributed by atoms with Crippen molar-refractivity contribution in [2.24, 2.45) is 5.92 Å². The van der Waals surface area contributed by atoms with Gasteiger partial charge in [-0.3, -0.25) is 5.41 Å². The Morgan fingerprint density at radius 1 is 1.33 bits per heavy atom. The van der Waals surface area contributed by atoms with Crippen molar-refractivity contribution < 1.29 is 5.11 Å². The fraction of sp³-hybridized carbons (Fsp3) is 0.412. The molecule has 0 spiro atoms. The lowest BCUT2D eigenvalue weighted by Crippen LogP contribution is -2.30. The number of halogens is 1. The molecule has 0 radical (unpaired) electrons. The normalized spacial score (nSPS) is 15.2. The molecular formula is C17H21BrN4OS. The van der Waals surface area contributed by atoms with Crippen molar-refractivity contribution in [2.75, 3.05) is 11.9 Å². The van der Waals surface area contributed by atoms with Gasteiger partial charge in [-0.2, -0.15) is 4.37 Å². The summed E-state index contributed by atoms with van der Waals surface area (Å²) in [7, 11) is 0. The molecule has 1 aromatic carbocycles. The summed E-state index contributed by atoms with van der Waals surface area (Å²) in [6.45, 7) is 0.782. The molecule has 128 valence electrons. The molecule has 1 saturated carbocycles. The maximum atomic E-state index is 10.0. The van der Waals surface area contributed by atoms with Gasteiger partial charge in [-0.25, -0.2) is 0 Å². The second-order valence-corrected chi connectivity index (χ2v) is 7.79. The van der Waals surface area contributed by atoms with E-state index in [0.717, 1.165) is 28.2 Å². The van der Waals surface area contributed by atoms with Crippen molar-refractivity contribution in [1.29, 1.82) is 5.41 Å². The Labute approximate surface area is 154 Å².